The molecule has 0 saturated heterocycles. The fourth-order valence-corrected chi connectivity index (χ4v) is 1.61. The molecule has 5 nitrogen and oxygen atoms in total. The first kappa shape index (κ1) is 12.4. The van der Waals surface area contributed by atoms with Gasteiger partial charge in [0.1, 0.15) is 12.4 Å². The SMILES string of the molecule is O=C(Nc1cc(C#CCO)ccn1)NC1CCC1. The van der Waals surface area contributed by atoms with Crippen molar-refractivity contribution in [3.63, 3.8) is 0 Å². The smallest absolute Gasteiger partial charge is 0.320 e. The van der Waals surface area contributed by atoms with E-state index >= 15 is 0 Å². The number of hydrogen-bond donors (Lipinski definition) is 3. The van der Waals surface area contributed by atoms with Gasteiger partial charge < -0.3 is 10.4 Å². The molecule has 94 valence electrons. The molecule has 1 heterocycles. The maximum absolute atomic E-state index is 11.6. The van der Waals surface area contributed by atoms with Crippen LogP contribution in [0.2, 0.25) is 0 Å². The molecule has 2 rings (SSSR count). The van der Waals surface area contributed by atoms with Crippen LogP contribution in [-0.4, -0.2) is 28.8 Å². The van der Waals surface area contributed by atoms with Crippen molar-refractivity contribution in [2.75, 3.05) is 11.9 Å². The standard InChI is InChI=1S/C13H15N3O2/c17-8-2-3-10-6-7-14-12(9-10)16-13(18)15-11-4-1-5-11/h6-7,9,11,17H,1,4-5,8H2,(H2,14,15,16,18). The third kappa shape index (κ3) is 3.47. The Labute approximate surface area is 106 Å². The molecule has 1 aromatic rings. The number of hydrogen-bond acceptors (Lipinski definition) is 3. The van der Waals surface area contributed by atoms with Crippen molar-refractivity contribution in [1.29, 1.82) is 0 Å². The molecule has 0 unspecified atom stereocenters. The summed E-state index contributed by atoms with van der Waals surface area (Å²) in [5, 5.41) is 14.1. The molecule has 1 saturated carbocycles. The second-order valence-electron chi connectivity index (χ2n) is 4.12. The average molecular weight is 245 g/mol. The van der Waals surface area contributed by atoms with Gasteiger partial charge in [0.25, 0.3) is 0 Å². The van der Waals surface area contributed by atoms with Crippen molar-refractivity contribution in [2.24, 2.45) is 0 Å². The molecule has 1 aliphatic rings. The number of nitrogens with one attached hydrogen (secondary N) is 2. The summed E-state index contributed by atoms with van der Waals surface area (Å²) in [4.78, 5) is 15.6. The van der Waals surface area contributed by atoms with E-state index in [1.807, 2.05) is 0 Å². The Kier molecular flexibility index (Phi) is 4.15. The van der Waals surface area contributed by atoms with Gasteiger partial charge in [-0.3, -0.25) is 5.32 Å². The second kappa shape index (κ2) is 6.03. The van der Waals surface area contributed by atoms with Gasteiger partial charge in [-0.25, -0.2) is 9.78 Å². The number of aliphatic hydroxyl groups excluding tert-OH is 1. The van der Waals surface area contributed by atoms with Crippen molar-refractivity contribution in [3.05, 3.63) is 23.9 Å². The lowest BCUT2D eigenvalue weighted by Crippen LogP contribution is -2.41. The lowest BCUT2D eigenvalue weighted by molar-refractivity contribution is 0.240. The third-order valence-electron chi connectivity index (χ3n) is 2.75. The van der Waals surface area contributed by atoms with Crippen LogP contribution in [0.15, 0.2) is 18.3 Å². The number of anilines is 1. The van der Waals surface area contributed by atoms with Gasteiger partial charge in [0, 0.05) is 17.8 Å². The van der Waals surface area contributed by atoms with Crippen molar-refractivity contribution in [2.45, 2.75) is 25.3 Å². The Morgan fingerprint density at radius 2 is 2.39 bits per heavy atom. The average Bonchev–Trinajstić information content (AvgIpc) is 2.32. The van der Waals surface area contributed by atoms with E-state index < -0.39 is 0 Å². The molecule has 0 aromatic carbocycles. The van der Waals surface area contributed by atoms with Gasteiger partial charge in [0.2, 0.25) is 0 Å². The molecule has 0 atom stereocenters. The molecule has 0 spiro atoms. The van der Waals surface area contributed by atoms with E-state index in [4.69, 9.17) is 5.11 Å². The number of pyridine rings is 1. The molecule has 18 heavy (non-hydrogen) atoms. The monoisotopic (exact) mass is 245 g/mol. The highest BCUT2D eigenvalue weighted by molar-refractivity contribution is 5.88. The highest BCUT2D eigenvalue weighted by Gasteiger charge is 2.19. The quantitative estimate of drug-likeness (QED) is 0.683. The number of urea groups is 1. The van der Waals surface area contributed by atoms with Crippen LogP contribution in [0.4, 0.5) is 10.6 Å². The minimum absolute atomic E-state index is 0.187. The highest BCUT2D eigenvalue weighted by atomic mass is 16.2. The number of amides is 2. The normalized spacial score (nSPS) is 14.1. The molecule has 1 fully saturated rings. The first-order valence-electron chi connectivity index (χ1n) is 5.91. The molecule has 2 amide bonds. The van der Waals surface area contributed by atoms with Gasteiger partial charge in [-0.1, -0.05) is 11.8 Å². The van der Waals surface area contributed by atoms with Gasteiger partial charge in [-0.05, 0) is 31.4 Å². The first-order chi connectivity index (χ1) is 8.78. The van der Waals surface area contributed by atoms with Crippen molar-refractivity contribution in [1.82, 2.24) is 10.3 Å². The Balaban J connectivity index is 1.93. The van der Waals surface area contributed by atoms with E-state index in [0.717, 1.165) is 12.8 Å². The van der Waals surface area contributed by atoms with Gasteiger partial charge in [0.05, 0.1) is 0 Å². The predicted octanol–water partition coefficient (Wildman–Crippen LogP) is 1.10. The minimum Gasteiger partial charge on any atom is -0.384 e. The minimum atomic E-state index is -0.237. The van der Waals surface area contributed by atoms with E-state index in [1.165, 1.54) is 6.42 Å². The zero-order chi connectivity index (χ0) is 12.8. The summed E-state index contributed by atoms with van der Waals surface area (Å²) in [6, 6.07) is 3.45. The second-order valence-corrected chi connectivity index (χ2v) is 4.12. The number of carbonyl (C=O) groups excluding carboxylic acids is 1. The lowest BCUT2D eigenvalue weighted by atomic mass is 9.93. The Hall–Kier alpha value is -2.06. The summed E-state index contributed by atoms with van der Waals surface area (Å²) in [5.74, 6) is 5.76. The van der Waals surface area contributed by atoms with Crippen LogP contribution in [-0.2, 0) is 0 Å². The molecular formula is C13H15N3O2. The van der Waals surface area contributed by atoms with Crippen molar-refractivity contribution in [3.8, 4) is 11.8 Å². The van der Waals surface area contributed by atoms with E-state index in [0.29, 0.717) is 17.4 Å². The Morgan fingerprint density at radius 3 is 3.06 bits per heavy atom. The summed E-state index contributed by atoms with van der Waals surface area (Å²) in [6.07, 6.45) is 4.83. The third-order valence-corrected chi connectivity index (χ3v) is 2.75. The molecule has 0 radical (unpaired) electrons. The first-order valence-corrected chi connectivity index (χ1v) is 5.91. The van der Waals surface area contributed by atoms with Gasteiger partial charge in [-0.2, -0.15) is 0 Å². The molecule has 5 heteroatoms. The molecule has 1 aromatic heterocycles. The van der Waals surface area contributed by atoms with Crippen LogP contribution in [0.1, 0.15) is 24.8 Å². The van der Waals surface area contributed by atoms with Crippen molar-refractivity contribution < 1.29 is 9.90 Å². The zero-order valence-electron chi connectivity index (χ0n) is 9.94. The number of aliphatic hydroxyl groups is 1. The summed E-state index contributed by atoms with van der Waals surface area (Å²) >= 11 is 0. The predicted molar refractivity (Wildman–Crippen MR) is 68.0 cm³/mol. The fraction of sp³-hybridized carbons (Fsp3) is 0.385. The van der Waals surface area contributed by atoms with Crippen LogP contribution < -0.4 is 10.6 Å². The molecule has 3 N–H and O–H groups in total. The Bertz CT molecular complexity index is 486. The molecular weight excluding hydrogens is 230 g/mol. The maximum Gasteiger partial charge on any atom is 0.320 e. The topological polar surface area (TPSA) is 74.2 Å². The van der Waals surface area contributed by atoms with Gasteiger partial charge >= 0.3 is 6.03 Å². The number of rotatable bonds is 2. The number of aromatic nitrogens is 1. The van der Waals surface area contributed by atoms with Crippen LogP contribution in [0.5, 0.6) is 0 Å². The molecule has 0 bridgehead atoms. The summed E-state index contributed by atoms with van der Waals surface area (Å²) in [7, 11) is 0. The molecule has 1 aliphatic carbocycles. The fourth-order valence-electron chi connectivity index (χ4n) is 1.61. The maximum atomic E-state index is 11.6. The number of carbonyl (C=O) groups is 1. The number of nitrogens with zero attached hydrogens (tertiary/aromatic N) is 1. The highest BCUT2D eigenvalue weighted by Crippen LogP contribution is 2.18. The van der Waals surface area contributed by atoms with E-state index in [9.17, 15) is 4.79 Å². The van der Waals surface area contributed by atoms with Crippen molar-refractivity contribution >= 4 is 11.8 Å². The van der Waals surface area contributed by atoms with Crippen LogP contribution >= 0.6 is 0 Å². The van der Waals surface area contributed by atoms with E-state index in [2.05, 4.69) is 27.5 Å². The molecule has 0 aliphatic heterocycles. The zero-order valence-corrected chi connectivity index (χ0v) is 9.94. The van der Waals surface area contributed by atoms with Gasteiger partial charge in [-0.15, -0.1) is 0 Å². The largest absolute Gasteiger partial charge is 0.384 e. The van der Waals surface area contributed by atoms with Crippen LogP contribution in [0.25, 0.3) is 0 Å². The summed E-state index contributed by atoms with van der Waals surface area (Å²) in [5.41, 5.74) is 0.706. The Morgan fingerprint density at radius 1 is 1.56 bits per heavy atom. The van der Waals surface area contributed by atoms with E-state index in [1.54, 1.807) is 18.3 Å². The van der Waals surface area contributed by atoms with E-state index in [-0.39, 0.29) is 12.6 Å². The summed E-state index contributed by atoms with van der Waals surface area (Å²) in [6.45, 7) is -0.187. The van der Waals surface area contributed by atoms with Crippen LogP contribution in [0.3, 0.4) is 0 Å². The van der Waals surface area contributed by atoms with Crippen LogP contribution in [0, 0.1) is 11.8 Å². The lowest BCUT2D eigenvalue weighted by Gasteiger charge is -2.26. The summed E-state index contributed by atoms with van der Waals surface area (Å²) < 4.78 is 0. The van der Waals surface area contributed by atoms with Gasteiger partial charge in [0.15, 0.2) is 0 Å².